The quantitative estimate of drug-likeness (QED) is 0.748. The number of benzene rings is 2. The molecular formula is C17H11F2NO4. The summed E-state index contributed by atoms with van der Waals surface area (Å²) in [5, 5.41) is 2.49. The molecule has 122 valence electrons. The van der Waals surface area contributed by atoms with Crippen LogP contribution in [-0.4, -0.2) is 13.0 Å². The Kier molecular flexibility index (Phi) is 3.99. The lowest BCUT2D eigenvalue weighted by molar-refractivity contribution is 0.102. The number of para-hydroxylation sites is 1. The number of carbonyl (C=O) groups excluding carboxylic acids is 1. The zero-order valence-electron chi connectivity index (χ0n) is 12.4. The van der Waals surface area contributed by atoms with E-state index in [0.29, 0.717) is 11.1 Å². The Bertz CT molecular complexity index is 977. The fourth-order valence-electron chi connectivity index (χ4n) is 2.18. The van der Waals surface area contributed by atoms with E-state index in [1.807, 2.05) is 5.32 Å². The molecule has 0 saturated carbocycles. The van der Waals surface area contributed by atoms with E-state index < -0.39 is 28.9 Å². The summed E-state index contributed by atoms with van der Waals surface area (Å²) in [6.45, 7) is 0. The predicted molar refractivity (Wildman–Crippen MR) is 83.3 cm³/mol. The van der Waals surface area contributed by atoms with Gasteiger partial charge in [-0.05, 0) is 36.4 Å². The summed E-state index contributed by atoms with van der Waals surface area (Å²) in [4.78, 5) is 24.1. The highest BCUT2D eigenvalue weighted by Gasteiger charge is 2.18. The average molecular weight is 331 g/mol. The number of halogens is 2. The molecule has 1 heterocycles. The lowest BCUT2D eigenvalue weighted by Crippen LogP contribution is -2.21. The largest absolute Gasteiger partial charge is 0.497 e. The van der Waals surface area contributed by atoms with Crippen molar-refractivity contribution < 1.29 is 22.7 Å². The molecule has 2 aromatic carbocycles. The molecular weight excluding hydrogens is 320 g/mol. The highest BCUT2D eigenvalue weighted by molar-refractivity contribution is 6.05. The molecule has 0 bridgehead atoms. The van der Waals surface area contributed by atoms with Crippen molar-refractivity contribution >= 4 is 22.6 Å². The second-order valence-electron chi connectivity index (χ2n) is 4.90. The van der Waals surface area contributed by atoms with E-state index in [1.165, 1.54) is 19.2 Å². The standard InChI is InChI=1S/C17H11F2NO4/c1-23-10-5-6-14-9(7-10)8-11(17(22)24-14)16(21)20-15-12(18)3-2-4-13(15)19/h2-8H,1H3,(H,20,21). The molecule has 0 radical (unpaired) electrons. The number of rotatable bonds is 3. The van der Waals surface area contributed by atoms with Gasteiger partial charge in [0.25, 0.3) is 5.91 Å². The van der Waals surface area contributed by atoms with Gasteiger partial charge in [0.2, 0.25) is 0 Å². The van der Waals surface area contributed by atoms with E-state index in [0.717, 1.165) is 18.2 Å². The summed E-state index contributed by atoms with van der Waals surface area (Å²) in [5.41, 5.74) is -1.66. The fraction of sp³-hybridized carbons (Fsp3) is 0.0588. The molecule has 1 aromatic heterocycles. The summed E-state index contributed by atoms with van der Waals surface area (Å²) in [6, 6.07) is 9.11. The van der Waals surface area contributed by atoms with Crippen LogP contribution in [-0.2, 0) is 0 Å². The number of anilines is 1. The minimum Gasteiger partial charge on any atom is -0.497 e. The Morgan fingerprint density at radius 1 is 1.12 bits per heavy atom. The van der Waals surface area contributed by atoms with E-state index in [2.05, 4.69) is 0 Å². The van der Waals surface area contributed by atoms with Gasteiger partial charge in [-0.2, -0.15) is 0 Å². The third-order valence-corrected chi connectivity index (χ3v) is 3.39. The van der Waals surface area contributed by atoms with Crippen molar-refractivity contribution in [3.8, 4) is 5.75 Å². The molecule has 0 aliphatic carbocycles. The van der Waals surface area contributed by atoms with Crippen molar-refractivity contribution in [1.29, 1.82) is 0 Å². The Balaban J connectivity index is 2.03. The van der Waals surface area contributed by atoms with Crippen LogP contribution in [0.1, 0.15) is 10.4 Å². The van der Waals surface area contributed by atoms with Gasteiger partial charge >= 0.3 is 5.63 Å². The Labute approximate surface area is 134 Å². The van der Waals surface area contributed by atoms with E-state index in [4.69, 9.17) is 9.15 Å². The van der Waals surface area contributed by atoms with Crippen molar-refractivity contribution in [2.24, 2.45) is 0 Å². The Hall–Kier alpha value is -3.22. The van der Waals surface area contributed by atoms with Crippen molar-refractivity contribution in [1.82, 2.24) is 0 Å². The molecule has 0 aliphatic heterocycles. The van der Waals surface area contributed by atoms with Crippen LogP contribution >= 0.6 is 0 Å². The number of ether oxygens (including phenoxy) is 1. The first-order valence-electron chi connectivity index (χ1n) is 6.87. The van der Waals surface area contributed by atoms with E-state index in [1.54, 1.807) is 12.1 Å². The third kappa shape index (κ3) is 2.83. The summed E-state index contributed by atoms with van der Waals surface area (Å²) in [6.07, 6.45) is 0. The normalized spacial score (nSPS) is 10.6. The molecule has 24 heavy (non-hydrogen) atoms. The molecule has 3 rings (SSSR count). The number of fused-ring (bicyclic) bond motifs is 1. The Morgan fingerprint density at radius 2 is 1.83 bits per heavy atom. The zero-order chi connectivity index (χ0) is 17.3. The maximum Gasteiger partial charge on any atom is 0.349 e. The molecule has 0 atom stereocenters. The minimum absolute atomic E-state index is 0.259. The van der Waals surface area contributed by atoms with E-state index in [-0.39, 0.29) is 11.1 Å². The zero-order valence-corrected chi connectivity index (χ0v) is 12.4. The highest BCUT2D eigenvalue weighted by Crippen LogP contribution is 2.22. The van der Waals surface area contributed by atoms with Crippen LogP contribution in [0.15, 0.2) is 51.7 Å². The van der Waals surface area contributed by atoms with Gasteiger partial charge in [-0.1, -0.05) is 6.07 Å². The molecule has 0 spiro atoms. The van der Waals surface area contributed by atoms with Crippen molar-refractivity contribution in [3.63, 3.8) is 0 Å². The molecule has 1 amide bonds. The summed E-state index contributed by atoms with van der Waals surface area (Å²) in [7, 11) is 1.47. The minimum atomic E-state index is -0.975. The van der Waals surface area contributed by atoms with Gasteiger partial charge in [-0.25, -0.2) is 13.6 Å². The van der Waals surface area contributed by atoms with Crippen LogP contribution < -0.4 is 15.7 Å². The van der Waals surface area contributed by atoms with Crippen LogP contribution in [0.4, 0.5) is 14.5 Å². The maximum atomic E-state index is 13.6. The molecule has 3 aromatic rings. The number of nitrogens with one attached hydrogen (secondary N) is 1. The van der Waals surface area contributed by atoms with Gasteiger partial charge in [0.05, 0.1) is 7.11 Å². The van der Waals surface area contributed by atoms with Gasteiger partial charge in [0.15, 0.2) is 0 Å². The van der Waals surface area contributed by atoms with Gasteiger partial charge in [0.1, 0.15) is 34.2 Å². The topological polar surface area (TPSA) is 68.5 Å². The SMILES string of the molecule is COc1ccc2oc(=O)c(C(=O)Nc3c(F)cccc3F)cc2c1. The number of carbonyl (C=O) groups is 1. The first-order chi connectivity index (χ1) is 11.5. The Morgan fingerprint density at radius 3 is 2.50 bits per heavy atom. The monoisotopic (exact) mass is 331 g/mol. The van der Waals surface area contributed by atoms with Crippen LogP contribution in [0, 0.1) is 11.6 Å². The van der Waals surface area contributed by atoms with Crippen molar-refractivity contribution in [2.75, 3.05) is 12.4 Å². The summed E-state index contributed by atoms with van der Waals surface area (Å²) >= 11 is 0. The number of amides is 1. The smallest absolute Gasteiger partial charge is 0.349 e. The molecule has 0 aliphatic rings. The predicted octanol–water partition coefficient (Wildman–Crippen LogP) is 3.33. The molecule has 7 heteroatoms. The molecule has 0 saturated heterocycles. The van der Waals surface area contributed by atoms with E-state index >= 15 is 0 Å². The second kappa shape index (κ2) is 6.11. The first kappa shape index (κ1) is 15.7. The van der Waals surface area contributed by atoms with Gasteiger partial charge in [0, 0.05) is 5.39 Å². The number of methoxy groups -OCH3 is 1. The lowest BCUT2D eigenvalue weighted by atomic mass is 10.1. The molecule has 0 fully saturated rings. The summed E-state index contributed by atoms with van der Waals surface area (Å²) in [5.74, 6) is -2.37. The number of hydrogen-bond acceptors (Lipinski definition) is 4. The molecule has 1 N–H and O–H groups in total. The highest BCUT2D eigenvalue weighted by atomic mass is 19.1. The molecule has 0 unspecified atom stereocenters. The van der Waals surface area contributed by atoms with Crippen molar-refractivity contribution in [2.45, 2.75) is 0 Å². The third-order valence-electron chi connectivity index (χ3n) is 3.39. The van der Waals surface area contributed by atoms with Crippen LogP contribution in [0.2, 0.25) is 0 Å². The van der Waals surface area contributed by atoms with Crippen LogP contribution in [0.25, 0.3) is 11.0 Å². The summed E-state index contributed by atoms with van der Waals surface area (Å²) < 4.78 is 37.3. The second-order valence-corrected chi connectivity index (χ2v) is 4.90. The maximum absolute atomic E-state index is 13.6. The first-order valence-corrected chi connectivity index (χ1v) is 6.87. The fourth-order valence-corrected chi connectivity index (χ4v) is 2.18. The average Bonchev–Trinajstić information content (AvgIpc) is 2.57. The van der Waals surface area contributed by atoms with Crippen LogP contribution in [0.3, 0.4) is 0 Å². The van der Waals surface area contributed by atoms with E-state index in [9.17, 15) is 18.4 Å². The van der Waals surface area contributed by atoms with Gasteiger partial charge < -0.3 is 14.5 Å². The van der Waals surface area contributed by atoms with Gasteiger partial charge in [-0.15, -0.1) is 0 Å². The molecule has 5 nitrogen and oxygen atoms in total. The van der Waals surface area contributed by atoms with Crippen molar-refractivity contribution in [3.05, 3.63) is 70.1 Å². The van der Waals surface area contributed by atoms with Gasteiger partial charge in [-0.3, -0.25) is 4.79 Å². The number of hydrogen-bond donors (Lipinski definition) is 1. The van der Waals surface area contributed by atoms with Crippen LogP contribution in [0.5, 0.6) is 5.75 Å². The lowest BCUT2D eigenvalue weighted by Gasteiger charge is -2.07.